The minimum atomic E-state index is -0.654. The molecule has 2 heteroatoms. The Hall–Kier alpha value is -1.31. The van der Waals surface area contributed by atoms with Crippen LogP contribution >= 0.6 is 0 Å². The molecule has 0 saturated heterocycles. The highest BCUT2D eigenvalue weighted by Crippen LogP contribution is 2.42. The molecule has 3 unspecified atom stereocenters. The van der Waals surface area contributed by atoms with E-state index >= 15 is 0 Å². The van der Waals surface area contributed by atoms with E-state index in [4.69, 9.17) is 0 Å². The number of carboxylic acid groups (broad SMARTS) is 1. The zero-order chi connectivity index (χ0) is 15.6. The van der Waals surface area contributed by atoms with E-state index in [1.54, 1.807) is 0 Å². The van der Waals surface area contributed by atoms with Crippen LogP contribution in [0.25, 0.3) is 0 Å². The summed E-state index contributed by atoms with van der Waals surface area (Å²) >= 11 is 0. The quantitative estimate of drug-likeness (QED) is 0.851. The van der Waals surface area contributed by atoms with Crippen molar-refractivity contribution in [2.45, 2.75) is 64.7 Å². The Balaban J connectivity index is 2.23. The van der Waals surface area contributed by atoms with E-state index < -0.39 is 5.97 Å². The molecule has 2 nitrogen and oxygen atoms in total. The van der Waals surface area contributed by atoms with Crippen LogP contribution in [0.2, 0.25) is 0 Å². The summed E-state index contributed by atoms with van der Waals surface area (Å²) in [6, 6.07) is 8.87. The van der Waals surface area contributed by atoms with Crippen molar-refractivity contribution in [3.05, 3.63) is 35.4 Å². The molecule has 1 N–H and O–H groups in total. The number of hydrogen-bond acceptors (Lipinski definition) is 1. The summed E-state index contributed by atoms with van der Waals surface area (Å²) < 4.78 is 0. The highest BCUT2D eigenvalue weighted by Gasteiger charge is 2.33. The van der Waals surface area contributed by atoms with Crippen molar-refractivity contribution in [3.63, 3.8) is 0 Å². The molecule has 1 aromatic carbocycles. The minimum absolute atomic E-state index is 0.166. The molecular formula is C19H28O2. The molecule has 1 saturated carbocycles. The number of rotatable bonds is 3. The molecule has 0 bridgehead atoms. The molecule has 21 heavy (non-hydrogen) atoms. The Morgan fingerprint density at radius 3 is 2.24 bits per heavy atom. The Morgan fingerprint density at radius 1 is 1.14 bits per heavy atom. The monoisotopic (exact) mass is 288 g/mol. The van der Waals surface area contributed by atoms with Crippen LogP contribution in [-0.2, 0) is 10.2 Å². The van der Waals surface area contributed by atoms with Gasteiger partial charge in [-0.05, 0) is 41.2 Å². The van der Waals surface area contributed by atoms with Gasteiger partial charge in [-0.25, -0.2) is 0 Å². The standard InChI is InChI=1S/C19H28O2/c1-13(18(20)21)16-7-5-6-8-17(16)14-9-11-15(12-10-14)19(2,3)4/h9-13,16-17H,5-8H2,1-4H3,(H,20,21). The van der Waals surface area contributed by atoms with Gasteiger partial charge in [0.15, 0.2) is 0 Å². The zero-order valence-corrected chi connectivity index (χ0v) is 13.7. The topological polar surface area (TPSA) is 37.3 Å². The maximum atomic E-state index is 11.4. The first-order chi connectivity index (χ1) is 9.80. The van der Waals surface area contributed by atoms with Crippen molar-refractivity contribution in [2.24, 2.45) is 11.8 Å². The van der Waals surface area contributed by atoms with Gasteiger partial charge in [0, 0.05) is 0 Å². The first-order valence-electron chi connectivity index (χ1n) is 8.14. The van der Waals surface area contributed by atoms with Crippen LogP contribution in [0.15, 0.2) is 24.3 Å². The molecule has 116 valence electrons. The summed E-state index contributed by atoms with van der Waals surface area (Å²) in [5, 5.41) is 9.35. The Bertz CT molecular complexity index is 481. The van der Waals surface area contributed by atoms with Gasteiger partial charge in [0.25, 0.3) is 0 Å². The first kappa shape index (κ1) is 16.1. The van der Waals surface area contributed by atoms with Crippen LogP contribution in [0.4, 0.5) is 0 Å². The molecule has 1 aliphatic carbocycles. The molecule has 1 aromatic rings. The van der Waals surface area contributed by atoms with Gasteiger partial charge in [-0.15, -0.1) is 0 Å². The third kappa shape index (κ3) is 3.66. The Morgan fingerprint density at radius 2 is 1.71 bits per heavy atom. The number of aliphatic carboxylic acids is 1. The van der Waals surface area contributed by atoms with E-state index in [0.717, 1.165) is 12.8 Å². The maximum absolute atomic E-state index is 11.4. The molecule has 1 fully saturated rings. The average molecular weight is 288 g/mol. The highest BCUT2D eigenvalue weighted by atomic mass is 16.4. The third-order valence-corrected chi connectivity index (χ3v) is 5.06. The van der Waals surface area contributed by atoms with Crippen molar-refractivity contribution in [3.8, 4) is 0 Å². The van der Waals surface area contributed by atoms with Crippen LogP contribution < -0.4 is 0 Å². The van der Waals surface area contributed by atoms with E-state index in [2.05, 4.69) is 45.0 Å². The lowest BCUT2D eigenvalue weighted by Gasteiger charge is -2.34. The van der Waals surface area contributed by atoms with Gasteiger partial charge >= 0.3 is 5.97 Å². The normalized spacial score (nSPS) is 24.6. The predicted octanol–water partition coefficient (Wildman–Crippen LogP) is 4.98. The van der Waals surface area contributed by atoms with Gasteiger partial charge in [0.1, 0.15) is 0 Å². The average Bonchev–Trinajstić information content (AvgIpc) is 2.45. The number of carbonyl (C=O) groups is 1. The SMILES string of the molecule is CC(C(=O)O)C1CCCCC1c1ccc(C(C)(C)C)cc1. The van der Waals surface area contributed by atoms with E-state index in [-0.39, 0.29) is 17.3 Å². The fraction of sp³-hybridized carbons (Fsp3) is 0.632. The lowest BCUT2D eigenvalue weighted by atomic mass is 9.70. The van der Waals surface area contributed by atoms with Crippen molar-refractivity contribution >= 4 is 5.97 Å². The van der Waals surface area contributed by atoms with Crippen LogP contribution in [0.5, 0.6) is 0 Å². The molecule has 0 heterocycles. The van der Waals surface area contributed by atoms with Crippen LogP contribution in [0, 0.1) is 11.8 Å². The molecule has 0 spiro atoms. The Labute approximate surface area is 128 Å². The highest BCUT2D eigenvalue weighted by molar-refractivity contribution is 5.70. The van der Waals surface area contributed by atoms with E-state index in [1.807, 2.05) is 6.92 Å². The maximum Gasteiger partial charge on any atom is 0.306 e. The molecular weight excluding hydrogens is 260 g/mol. The second-order valence-corrected chi connectivity index (χ2v) is 7.55. The van der Waals surface area contributed by atoms with Crippen molar-refractivity contribution in [2.75, 3.05) is 0 Å². The largest absolute Gasteiger partial charge is 0.481 e. The van der Waals surface area contributed by atoms with Gasteiger partial charge in [-0.3, -0.25) is 4.79 Å². The smallest absolute Gasteiger partial charge is 0.306 e. The van der Waals surface area contributed by atoms with Crippen molar-refractivity contribution < 1.29 is 9.90 Å². The second-order valence-electron chi connectivity index (χ2n) is 7.55. The van der Waals surface area contributed by atoms with E-state index in [1.165, 1.54) is 24.0 Å². The number of carboxylic acids is 1. The van der Waals surface area contributed by atoms with Crippen molar-refractivity contribution in [1.29, 1.82) is 0 Å². The molecule has 1 aliphatic rings. The molecule has 2 rings (SSSR count). The second kappa shape index (κ2) is 6.21. The molecule has 0 aliphatic heterocycles. The van der Waals surface area contributed by atoms with Crippen LogP contribution in [-0.4, -0.2) is 11.1 Å². The fourth-order valence-corrected chi connectivity index (χ4v) is 3.59. The van der Waals surface area contributed by atoms with E-state index in [0.29, 0.717) is 5.92 Å². The number of hydrogen-bond donors (Lipinski definition) is 1. The summed E-state index contributed by atoms with van der Waals surface area (Å²) in [5.74, 6) is -0.230. The summed E-state index contributed by atoms with van der Waals surface area (Å²) in [6.07, 6.45) is 4.55. The Kier molecular flexibility index (Phi) is 4.75. The van der Waals surface area contributed by atoms with Crippen LogP contribution in [0.1, 0.15) is 70.4 Å². The van der Waals surface area contributed by atoms with Gasteiger partial charge in [-0.1, -0.05) is 64.8 Å². The van der Waals surface area contributed by atoms with Crippen molar-refractivity contribution in [1.82, 2.24) is 0 Å². The van der Waals surface area contributed by atoms with Gasteiger partial charge < -0.3 is 5.11 Å². The van der Waals surface area contributed by atoms with Gasteiger partial charge in [0.2, 0.25) is 0 Å². The third-order valence-electron chi connectivity index (χ3n) is 5.06. The molecule has 0 amide bonds. The predicted molar refractivity (Wildman–Crippen MR) is 86.6 cm³/mol. The molecule has 0 radical (unpaired) electrons. The lowest BCUT2D eigenvalue weighted by molar-refractivity contribution is -0.143. The summed E-state index contributed by atoms with van der Waals surface area (Å²) in [5.41, 5.74) is 2.82. The molecule has 3 atom stereocenters. The lowest BCUT2D eigenvalue weighted by Crippen LogP contribution is -2.29. The minimum Gasteiger partial charge on any atom is -0.481 e. The zero-order valence-electron chi connectivity index (χ0n) is 13.7. The summed E-state index contributed by atoms with van der Waals surface area (Å²) in [7, 11) is 0. The molecule has 0 aromatic heterocycles. The first-order valence-corrected chi connectivity index (χ1v) is 8.14. The van der Waals surface area contributed by atoms with Gasteiger partial charge in [-0.2, -0.15) is 0 Å². The summed E-state index contributed by atoms with van der Waals surface area (Å²) in [4.78, 5) is 11.4. The van der Waals surface area contributed by atoms with Gasteiger partial charge in [0.05, 0.1) is 5.92 Å². The van der Waals surface area contributed by atoms with E-state index in [9.17, 15) is 9.90 Å². The summed E-state index contributed by atoms with van der Waals surface area (Å²) in [6.45, 7) is 8.53. The fourth-order valence-electron chi connectivity index (χ4n) is 3.59. The number of benzene rings is 1. The van der Waals surface area contributed by atoms with Crippen LogP contribution in [0.3, 0.4) is 0 Å².